The molecule has 1 unspecified atom stereocenters. The Bertz CT molecular complexity index is 582. The molecule has 2 N–H and O–H groups in total. The molecule has 1 aromatic heterocycles. The maximum Gasteiger partial charge on any atom is 0.181 e. The highest BCUT2D eigenvalue weighted by Gasteiger charge is 2.14. The van der Waals surface area contributed by atoms with Crippen molar-refractivity contribution in [3.8, 4) is 11.4 Å². The number of aryl methyl sites for hydroxylation is 1. The van der Waals surface area contributed by atoms with Crippen LogP contribution < -0.4 is 5.32 Å². The summed E-state index contributed by atoms with van der Waals surface area (Å²) in [5, 5.41) is 10.3. The van der Waals surface area contributed by atoms with E-state index in [1.807, 2.05) is 31.2 Å². The SMILES string of the molecule is Cc1nc(-c2ccc(C3=NCC(C)N3)cc2)n[nH]1. The van der Waals surface area contributed by atoms with Crippen molar-refractivity contribution in [1.29, 1.82) is 0 Å². The van der Waals surface area contributed by atoms with Crippen LogP contribution >= 0.6 is 0 Å². The molecule has 0 fully saturated rings. The topological polar surface area (TPSA) is 66.0 Å². The van der Waals surface area contributed by atoms with Gasteiger partial charge >= 0.3 is 0 Å². The number of aliphatic imine (C=N–C) groups is 1. The van der Waals surface area contributed by atoms with Crippen LogP contribution in [0.25, 0.3) is 11.4 Å². The van der Waals surface area contributed by atoms with Crippen LogP contribution in [0.1, 0.15) is 18.3 Å². The van der Waals surface area contributed by atoms with Crippen LogP contribution in [-0.4, -0.2) is 33.6 Å². The molecule has 1 aromatic carbocycles. The summed E-state index contributed by atoms with van der Waals surface area (Å²) in [5.74, 6) is 2.53. The second-order valence-electron chi connectivity index (χ2n) is 4.56. The van der Waals surface area contributed by atoms with Crippen molar-refractivity contribution in [2.75, 3.05) is 6.54 Å². The summed E-state index contributed by atoms with van der Waals surface area (Å²) >= 11 is 0. The third kappa shape index (κ3) is 1.99. The molecule has 18 heavy (non-hydrogen) atoms. The van der Waals surface area contributed by atoms with Gasteiger partial charge in [0.15, 0.2) is 5.82 Å². The Labute approximate surface area is 105 Å². The van der Waals surface area contributed by atoms with Crippen LogP contribution in [0.2, 0.25) is 0 Å². The number of hydrogen-bond acceptors (Lipinski definition) is 4. The number of nitrogens with zero attached hydrogens (tertiary/aromatic N) is 3. The molecular formula is C13H15N5. The second-order valence-corrected chi connectivity index (χ2v) is 4.56. The molecule has 0 radical (unpaired) electrons. The smallest absolute Gasteiger partial charge is 0.181 e. The zero-order chi connectivity index (χ0) is 12.5. The zero-order valence-corrected chi connectivity index (χ0v) is 10.4. The normalized spacial score (nSPS) is 18.6. The van der Waals surface area contributed by atoms with E-state index in [1.165, 1.54) is 0 Å². The summed E-state index contributed by atoms with van der Waals surface area (Å²) in [6.07, 6.45) is 0. The van der Waals surface area contributed by atoms with Gasteiger partial charge in [0.25, 0.3) is 0 Å². The Morgan fingerprint density at radius 2 is 1.89 bits per heavy atom. The third-order valence-electron chi connectivity index (χ3n) is 2.92. The molecule has 0 spiro atoms. The van der Waals surface area contributed by atoms with Crippen molar-refractivity contribution in [1.82, 2.24) is 20.5 Å². The van der Waals surface area contributed by atoms with Crippen LogP contribution in [0.5, 0.6) is 0 Å². The van der Waals surface area contributed by atoms with Crippen molar-refractivity contribution in [2.45, 2.75) is 19.9 Å². The van der Waals surface area contributed by atoms with E-state index in [9.17, 15) is 0 Å². The van der Waals surface area contributed by atoms with Gasteiger partial charge in [-0.2, -0.15) is 5.10 Å². The summed E-state index contributed by atoms with van der Waals surface area (Å²) in [4.78, 5) is 8.77. The summed E-state index contributed by atoms with van der Waals surface area (Å²) in [6.45, 7) is 4.86. The highest BCUT2D eigenvalue weighted by Crippen LogP contribution is 2.16. The van der Waals surface area contributed by atoms with Gasteiger partial charge in [0.2, 0.25) is 0 Å². The number of benzene rings is 1. The van der Waals surface area contributed by atoms with Gasteiger partial charge in [-0.3, -0.25) is 10.1 Å². The van der Waals surface area contributed by atoms with E-state index in [2.05, 4.69) is 32.4 Å². The fraction of sp³-hybridized carbons (Fsp3) is 0.308. The average Bonchev–Trinajstić information content (AvgIpc) is 2.98. The lowest BCUT2D eigenvalue weighted by molar-refractivity contribution is 0.726. The van der Waals surface area contributed by atoms with Crippen molar-refractivity contribution < 1.29 is 0 Å². The highest BCUT2D eigenvalue weighted by atomic mass is 15.2. The minimum Gasteiger partial charge on any atom is -0.366 e. The Hall–Kier alpha value is -2.17. The molecule has 0 saturated heterocycles. The molecule has 1 aliphatic heterocycles. The first-order valence-electron chi connectivity index (χ1n) is 6.03. The van der Waals surface area contributed by atoms with E-state index in [0.29, 0.717) is 6.04 Å². The average molecular weight is 241 g/mol. The van der Waals surface area contributed by atoms with Gasteiger partial charge in [-0.15, -0.1) is 0 Å². The molecule has 5 heteroatoms. The molecule has 92 valence electrons. The number of H-pyrrole nitrogens is 1. The van der Waals surface area contributed by atoms with Gasteiger partial charge in [0.05, 0.1) is 6.54 Å². The number of nitrogens with one attached hydrogen (secondary N) is 2. The predicted octanol–water partition coefficient (Wildman–Crippen LogP) is 1.52. The van der Waals surface area contributed by atoms with Gasteiger partial charge in [-0.1, -0.05) is 24.3 Å². The van der Waals surface area contributed by atoms with Crippen molar-refractivity contribution in [2.24, 2.45) is 4.99 Å². The monoisotopic (exact) mass is 241 g/mol. The first-order valence-corrected chi connectivity index (χ1v) is 6.03. The van der Waals surface area contributed by atoms with Gasteiger partial charge in [0, 0.05) is 17.2 Å². The summed E-state index contributed by atoms with van der Waals surface area (Å²) in [7, 11) is 0. The molecular weight excluding hydrogens is 226 g/mol. The zero-order valence-electron chi connectivity index (χ0n) is 10.4. The Balaban J connectivity index is 1.85. The molecule has 0 saturated carbocycles. The molecule has 0 aliphatic carbocycles. The van der Waals surface area contributed by atoms with E-state index in [4.69, 9.17) is 0 Å². The molecule has 3 rings (SSSR count). The van der Waals surface area contributed by atoms with E-state index in [0.717, 1.165) is 35.2 Å². The number of amidine groups is 1. The molecule has 1 atom stereocenters. The fourth-order valence-corrected chi connectivity index (χ4v) is 1.98. The molecule has 5 nitrogen and oxygen atoms in total. The lowest BCUT2D eigenvalue weighted by atomic mass is 10.1. The van der Waals surface area contributed by atoms with E-state index in [-0.39, 0.29) is 0 Å². The maximum absolute atomic E-state index is 4.46. The van der Waals surface area contributed by atoms with E-state index < -0.39 is 0 Å². The van der Waals surface area contributed by atoms with E-state index >= 15 is 0 Å². The van der Waals surface area contributed by atoms with Gasteiger partial charge < -0.3 is 5.32 Å². The third-order valence-corrected chi connectivity index (χ3v) is 2.92. The number of hydrogen-bond donors (Lipinski definition) is 2. The van der Waals surface area contributed by atoms with Crippen LogP contribution in [0.4, 0.5) is 0 Å². The molecule has 2 aromatic rings. The summed E-state index contributed by atoms with van der Waals surface area (Å²) in [5.41, 5.74) is 2.12. The quantitative estimate of drug-likeness (QED) is 0.837. The number of rotatable bonds is 2. The maximum atomic E-state index is 4.46. The van der Waals surface area contributed by atoms with Crippen molar-refractivity contribution in [3.63, 3.8) is 0 Å². The second kappa shape index (κ2) is 4.25. The van der Waals surface area contributed by atoms with Gasteiger partial charge in [-0.05, 0) is 13.8 Å². The largest absolute Gasteiger partial charge is 0.366 e. The standard InChI is InChI=1S/C13H15N5/c1-8-7-14-12(15-8)10-3-5-11(6-4-10)13-16-9(2)17-18-13/h3-6,8H,7H2,1-2H3,(H,14,15)(H,16,17,18). The molecule has 0 bridgehead atoms. The van der Waals surface area contributed by atoms with E-state index in [1.54, 1.807) is 0 Å². The number of aromatic nitrogens is 3. The molecule has 2 heterocycles. The van der Waals surface area contributed by atoms with Crippen LogP contribution in [0, 0.1) is 6.92 Å². The van der Waals surface area contributed by atoms with Gasteiger partial charge in [0.1, 0.15) is 11.7 Å². The predicted molar refractivity (Wildman–Crippen MR) is 70.6 cm³/mol. The fourth-order valence-electron chi connectivity index (χ4n) is 1.98. The van der Waals surface area contributed by atoms with Crippen LogP contribution in [0.3, 0.4) is 0 Å². The lowest BCUT2D eigenvalue weighted by Gasteiger charge is -2.06. The minimum absolute atomic E-state index is 0.426. The minimum atomic E-state index is 0.426. The lowest BCUT2D eigenvalue weighted by Crippen LogP contribution is -2.27. The molecule has 0 amide bonds. The van der Waals surface area contributed by atoms with Crippen LogP contribution in [0.15, 0.2) is 29.3 Å². The highest BCUT2D eigenvalue weighted by molar-refractivity contribution is 6.00. The van der Waals surface area contributed by atoms with Crippen molar-refractivity contribution in [3.05, 3.63) is 35.7 Å². The summed E-state index contributed by atoms with van der Waals surface area (Å²) < 4.78 is 0. The van der Waals surface area contributed by atoms with Gasteiger partial charge in [-0.25, -0.2) is 4.98 Å². The Morgan fingerprint density at radius 3 is 2.44 bits per heavy atom. The Kier molecular flexibility index (Phi) is 2.59. The Morgan fingerprint density at radius 1 is 1.17 bits per heavy atom. The van der Waals surface area contributed by atoms with Crippen LogP contribution in [-0.2, 0) is 0 Å². The molecule has 1 aliphatic rings. The first kappa shape index (κ1) is 11.0. The van der Waals surface area contributed by atoms with Crippen molar-refractivity contribution >= 4 is 5.84 Å². The first-order chi connectivity index (χ1) is 8.72. The summed E-state index contributed by atoms with van der Waals surface area (Å²) in [6, 6.07) is 8.56. The number of aromatic amines is 1.